The van der Waals surface area contributed by atoms with Gasteiger partial charge in [0.25, 0.3) is 0 Å². The summed E-state index contributed by atoms with van der Waals surface area (Å²) in [6, 6.07) is 9.06. The molecule has 2 nitrogen and oxygen atoms in total. The Bertz CT molecular complexity index is 425. The molecule has 2 aliphatic rings. The molecule has 1 aromatic carbocycles. The molecular formula is C16H23FN2S. The van der Waals surface area contributed by atoms with Crippen LogP contribution in [0.25, 0.3) is 0 Å². The van der Waals surface area contributed by atoms with Crippen molar-refractivity contribution in [1.82, 2.24) is 10.2 Å². The van der Waals surface area contributed by atoms with E-state index in [0.29, 0.717) is 0 Å². The number of thioether (sulfide) groups is 1. The number of halogens is 1. The van der Waals surface area contributed by atoms with Gasteiger partial charge < -0.3 is 10.2 Å². The van der Waals surface area contributed by atoms with Crippen LogP contribution in [0.2, 0.25) is 0 Å². The summed E-state index contributed by atoms with van der Waals surface area (Å²) >= 11 is 1.81. The summed E-state index contributed by atoms with van der Waals surface area (Å²) in [7, 11) is 2.25. The largest absolute Gasteiger partial charge is 0.311 e. The lowest BCUT2D eigenvalue weighted by molar-refractivity contribution is 0.181. The molecule has 0 radical (unpaired) electrons. The summed E-state index contributed by atoms with van der Waals surface area (Å²) in [5.41, 5.74) is 0. The van der Waals surface area contributed by atoms with E-state index in [1.165, 1.54) is 37.8 Å². The molecular weight excluding hydrogens is 271 g/mol. The average Bonchev–Trinajstić information content (AvgIpc) is 2.79. The topological polar surface area (TPSA) is 15.3 Å². The first-order chi connectivity index (χ1) is 9.70. The number of piperidine rings is 1. The van der Waals surface area contributed by atoms with Gasteiger partial charge in [0.2, 0.25) is 0 Å². The Kier molecular flexibility index (Phi) is 4.64. The number of nitrogens with zero attached hydrogens (tertiary/aromatic N) is 1. The van der Waals surface area contributed by atoms with Crippen LogP contribution in [0.4, 0.5) is 4.39 Å². The zero-order valence-corrected chi connectivity index (χ0v) is 12.8. The minimum Gasteiger partial charge on any atom is -0.311 e. The highest BCUT2D eigenvalue weighted by Gasteiger charge is 2.34. The van der Waals surface area contributed by atoms with E-state index in [1.807, 2.05) is 23.9 Å². The van der Waals surface area contributed by atoms with Crippen molar-refractivity contribution in [2.75, 3.05) is 19.3 Å². The van der Waals surface area contributed by atoms with Gasteiger partial charge in [0.05, 0.1) is 0 Å². The van der Waals surface area contributed by atoms with Crippen molar-refractivity contribution in [1.29, 1.82) is 0 Å². The second-order valence-corrected chi connectivity index (χ2v) is 7.21. The predicted molar refractivity (Wildman–Crippen MR) is 82.7 cm³/mol. The first-order valence-corrected chi connectivity index (χ1v) is 8.54. The zero-order valence-electron chi connectivity index (χ0n) is 12.0. The Morgan fingerprint density at radius 1 is 1.20 bits per heavy atom. The molecule has 0 amide bonds. The van der Waals surface area contributed by atoms with E-state index in [-0.39, 0.29) is 5.82 Å². The van der Waals surface area contributed by atoms with Gasteiger partial charge in [0, 0.05) is 35.3 Å². The van der Waals surface area contributed by atoms with Gasteiger partial charge >= 0.3 is 0 Å². The van der Waals surface area contributed by atoms with Gasteiger partial charge in [0.1, 0.15) is 5.82 Å². The summed E-state index contributed by atoms with van der Waals surface area (Å²) in [4.78, 5) is 3.67. The van der Waals surface area contributed by atoms with Crippen LogP contribution in [-0.2, 0) is 0 Å². The van der Waals surface area contributed by atoms with Crippen molar-refractivity contribution in [3.8, 4) is 0 Å². The fourth-order valence-electron chi connectivity index (χ4n) is 3.41. The normalized spacial score (nSPS) is 29.1. The molecule has 2 saturated heterocycles. The van der Waals surface area contributed by atoms with Gasteiger partial charge in [-0.15, -0.1) is 11.8 Å². The second kappa shape index (κ2) is 6.46. The molecule has 2 atom stereocenters. The van der Waals surface area contributed by atoms with Crippen LogP contribution >= 0.6 is 11.8 Å². The molecule has 20 heavy (non-hydrogen) atoms. The Hall–Kier alpha value is -0.580. The van der Waals surface area contributed by atoms with Crippen LogP contribution in [0.3, 0.4) is 0 Å². The van der Waals surface area contributed by atoms with Gasteiger partial charge in [-0.25, -0.2) is 4.39 Å². The van der Waals surface area contributed by atoms with Crippen molar-refractivity contribution in [2.45, 2.75) is 48.7 Å². The Labute approximate surface area is 125 Å². The number of nitrogens with one attached hydrogen (secondary N) is 1. The highest BCUT2D eigenvalue weighted by Crippen LogP contribution is 2.29. The standard InChI is InChI=1S/C16H23FN2S/c1-19(15-10-13-4-5-14(11-15)18-13)8-9-20-16-6-2-12(17)3-7-16/h2-3,6-7,13-15,18H,4-5,8-11H2,1H3. The maximum Gasteiger partial charge on any atom is 0.123 e. The van der Waals surface area contributed by atoms with Gasteiger partial charge in [-0.2, -0.15) is 0 Å². The lowest BCUT2D eigenvalue weighted by Gasteiger charge is -2.35. The monoisotopic (exact) mass is 294 g/mol. The van der Waals surface area contributed by atoms with E-state index in [0.717, 1.165) is 35.3 Å². The molecule has 0 spiro atoms. The zero-order chi connectivity index (χ0) is 13.9. The Balaban J connectivity index is 1.43. The molecule has 0 aliphatic carbocycles. The lowest BCUT2D eigenvalue weighted by Crippen LogP contribution is -2.47. The first-order valence-electron chi connectivity index (χ1n) is 7.55. The van der Waals surface area contributed by atoms with Crippen molar-refractivity contribution in [3.63, 3.8) is 0 Å². The Morgan fingerprint density at radius 3 is 2.50 bits per heavy atom. The molecule has 2 bridgehead atoms. The summed E-state index contributed by atoms with van der Waals surface area (Å²) in [6.07, 6.45) is 5.32. The van der Waals surface area contributed by atoms with Crippen LogP contribution in [-0.4, -0.2) is 42.4 Å². The third-order valence-corrected chi connectivity index (χ3v) is 5.59. The summed E-state index contributed by atoms with van der Waals surface area (Å²) in [5, 5.41) is 3.69. The molecule has 110 valence electrons. The fourth-order valence-corrected chi connectivity index (χ4v) is 4.35. The van der Waals surface area contributed by atoms with Gasteiger partial charge in [-0.3, -0.25) is 0 Å². The lowest BCUT2D eigenvalue weighted by atomic mass is 9.99. The minimum atomic E-state index is -0.156. The van der Waals surface area contributed by atoms with Crippen molar-refractivity contribution in [2.24, 2.45) is 0 Å². The maximum absolute atomic E-state index is 12.8. The molecule has 2 fully saturated rings. The molecule has 1 aromatic rings. The molecule has 2 aliphatic heterocycles. The SMILES string of the molecule is CN(CCSc1ccc(F)cc1)C1CC2CCC(C1)N2. The Morgan fingerprint density at radius 2 is 1.85 bits per heavy atom. The van der Waals surface area contributed by atoms with Crippen LogP contribution in [0.1, 0.15) is 25.7 Å². The molecule has 1 N–H and O–H groups in total. The van der Waals surface area contributed by atoms with E-state index >= 15 is 0 Å². The quantitative estimate of drug-likeness (QED) is 0.840. The minimum absolute atomic E-state index is 0.156. The second-order valence-electron chi connectivity index (χ2n) is 6.05. The molecule has 2 unspecified atom stereocenters. The molecule has 3 rings (SSSR count). The molecule has 0 saturated carbocycles. The number of fused-ring (bicyclic) bond motifs is 2. The molecule has 4 heteroatoms. The van der Waals surface area contributed by atoms with E-state index in [1.54, 1.807) is 0 Å². The van der Waals surface area contributed by atoms with E-state index in [2.05, 4.69) is 17.3 Å². The van der Waals surface area contributed by atoms with Crippen LogP contribution < -0.4 is 5.32 Å². The van der Waals surface area contributed by atoms with Gasteiger partial charge in [-0.1, -0.05) is 0 Å². The highest BCUT2D eigenvalue weighted by atomic mass is 32.2. The first kappa shape index (κ1) is 14.4. The summed E-state index contributed by atoms with van der Waals surface area (Å²) < 4.78 is 12.8. The van der Waals surface area contributed by atoms with Gasteiger partial charge in [0.15, 0.2) is 0 Å². The number of hydrogen-bond acceptors (Lipinski definition) is 3. The van der Waals surface area contributed by atoms with Crippen LogP contribution in [0.15, 0.2) is 29.2 Å². The number of rotatable bonds is 5. The maximum atomic E-state index is 12.8. The third-order valence-electron chi connectivity index (χ3n) is 4.60. The predicted octanol–water partition coefficient (Wildman–Crippen LogP) is 3.13. The van der Waals surface area contributed by atoms with Crippen LogP contribution in [0, 0.1) is 5.82 Å². The van der Waals surface area contributed by atoms with E-state index in [4.69, 9.17) is 0 Å². The van der Waals surface area contributed by atoms with Crippen molar-refractivity contribution >= 4 is 11.8 Å². The van der Waals surface area contributed by atoms with Gasteiger partial charge in [-0.05, 0) is 57.0 Å². The molecule has 2 heterocycles. The average molecular weight is 294 g/mol. The van der Waals surface area contributed by atoms with Crippen molar-refractivity contribution in [3.05, 3.63) is 30.1 Å². The van der Waals surface area contributed by atoms with E-state index < -0.39 is 0 Å². The summed E-state index contributed by atoms with van der Waals surface area (Å²) in [5.74, 6) is 0.915. The summed E-state index contributed by atoms with van der Waals surface area (Å²) in [6.45, 7) is 1.10. The third kappa shape index (κ3) is 3.54. The van der Waals surface area contributed by atoms with E-state index in [9.17, 15) is 4.39 Å². The smallest absolute Gasteiger partial charge is 0.123 e. The number of benzene rings is 1. The van der Waals surface area contributed by atoms with Crippen molar-refractivity contribution < 1.29 is 4.39 Å². The number of hydrogen-bond donors (Lipinski definition) is 1. The fraction of sp³-hybridized carbons (Fsp3) is 0.625. The molecule has 0 aromatic heterocycles. The van der Waals surface area contributed by atoms with Crippen LogP contribution in [0.5, 0.6) is 0 Å². The highest BCUT2D eigenvalue weighted by molar-refractivity contribution is 7.99.